The predicted molar refractivity (Wildman–Crippen MR) is 75.2 cm³/mol. The standard InChI is InChI=1S/C14H21NO2S/c1-17-12-7-11(3-4-13(12)18-2)8-15-9-14(10-16)5-6-14/h3-4,7,15-16H,5-6,8-10H2,1-2H3. The van der Waals surface area contributed by atoms with Crippen molar-refractivity contribution in [2.45, 2.75) is 24.3 Å². The summed E-state index contributed by atoms with van der Waals surface area (Å²) in [5, 5.41) is 12.7. The van der Waals surface area contributed by atoms with E-state index in [9.17, 15) is 5.11 Å². The number of aliphatic hydroxyl groups excluding tert-OH is 1. The van der Waals surface area contributed by atoms with Gasteiger partial charge in [0.2, 0.25) is 0 Å². The van der Waals surface area contributed by atoms with Gasteiger partial charge in [0, 0.05) is 30.0 Å². The van der Waals surface area contributed by atoms with Crippen LogP contribution in [0, 0.1) is 5.41 Å². The van der Waals surface area contributed by atoms with Gasteiger partial charge < -0.3 is 15.2 Å². The van der Waals surface area contributed by atoms with E-state index in [0.717, 1.165) is 36.6 Å². The van der Waals surface area contributed by atoms with Crippen molar-refractivity contribution in [2.75, 3.05) is 26.5 Å². The molecule has 4 heteroatoms. The van der Waals surface area contributed by atoms with E-state index >= 15 is 0 Å². The zero-order valence-electron chi connectivity index (χ0n) is 11.0. The normalized spacial score (nSPS) is 16.6. The van der Waals surface area contributed by atoms with Gasteiger partial charge in [0.05, 0.1) is 7.11 Å². The lowest BCUT2D eigenvalue weighted by atomic mass is 10.1. The SMILES string of the molecule is COc1cc(CNCC2(CO)CC2)ccc1SC. The third kappa shape index (κ3) is 3.19. The van der Waals surface area contributed by atoms with Crippen LogP contribution in [-0.2, 0) is 6.54 Å². The molecule has 0 bridgehead atoms. The van der Waals surface area contributed by atoms with Gasteiger partial charge in [-0.05, 0) is 36.8 Å². The highest BCUT2D eigenvalue weighted by atomic mass is 32.2. The lowest BCUT2D eigenvalue weighted by Crippen LogP contribution is -2.26. The zero-order chi connectivity index (χ0) is 13.0. The molecule has 1 aromatic rings. The van der Waals surface area contributed by atoms with Crippen molar-refractivity contribution in [3.8, 4) is 5.75 Å². The van der Waals surface area contributed by atoms with E-state index in [1.165, 1.54) is 5.56 Å². The second-order valence-corrected chi connectivity index (χ2v) is 5.80. The summed E-state index contributed by atoms with van der Waals surface area (Å²) < 4.78 is 5.37. The maximum Gasteiger partial charge on any atom is 0.132 e. The van der Waals surface area contributed by atoms with Crippen LogP contribution in [0.5, 0.6) is 5.75 Å². The molecule has 3 nitrogen and oxygen atoms in total. The number of hydrogen-bond acceptors (Lipinski definition) is 4. The van der Waals surface area contributed by atoms with Crippen LogP contribution in [0.2, 0.25) is 0 Å². The summed E-state index contributed by atoms with van der Waals surface area (Å²) in [6.07, 6.45) is 4.34. The molecular weight excluding hydrogens is 246 g/mol. The molecule has 0 heterocycles. The Bertz CT molecular complexity index is 405. The van der Waals surface area contributed by atoms with Gasteiger partial charge in [0.15, 0.2) is 0 Å². The molecule has 0 radical (unpaired) electrons. The van der Waals surface area contributed by atoms with E-state index in [4.69, 9.17) is 4.74 Å². The fourth-order valence-electron chi connectivity index (χ4n) is 2.03. The van der Waals surface area contributed by atoms with Crippen molar-refractivity contribution in [1.82, 2.24) is 5.32 Å². The largest absolute Gasteiger partial charge is 0.496 e. The summed E-state index contributed by atoms with van der Waals surface area (Å²) in [5.41, 5.74) is 1.39. The Morgan fingerprint density at radius 2 is 2.22 bits per heavy atom. The Hall–Kier alpha value is -0.710. The first kappa shape index (κ1) is 13.7. The Balaban J connectivity index is 1.89. The first-order chi connectivity index (χ1) is 8.73. The number of ether oxygens (including phenoxy) is 1. The Morgan fingerprint density at radius 3 is 2.78 bits per heavy atom. The summed E-state index contributed by atoms with van der Waals surface area (Å²) in [6.45, 7) is 2.03. The van der Waals surface area contributed by atoms with E-state index in [1.807, 2.05) is 6.26 Å². The van der Waals surface area contributed by atoms with Gasteiger partial charge >= 0.3 is 0 Å². The molecule has 1 aromatic carbocycles. The van der Waals surface area contributed by atoms with Gasteiger partial charge in [-0.15, -0.1) is 11.8 Å². The Kier molecular flexibility index (Phi) is 4.54. The summed E-state index contributed by atoms with van der Waals surface area (Å²) in [4.78, 5) is 1.16. The summed E-state index contributed by atoms with van der Waals surface area (Å²) in [7, 11) is 1.71. The third-order valence-corrected chi connectivity index (χ3v) is 4.35. The van der Waals surface area contributed by atoms with Crippen LogP contribution in [0.25, 0.3) is 0 Å². The van der Waals surface area contributed by atoms with Crippen molar-refractivity contribution in [3.63, 3.8) is 0 Å². The molecule has 18 heavy (non-hydrogen) atoms. The van der Waals surface area contributed by atoms with E-state index in [2.05, 4.69) is 23.5 Å². The minimum Gasteiger partial charge on any atom is -0.496 e. The van der Waals surface area contributed by atoms with Crippen LogP contribution in [-0.4, -0.2) is 31.6 Å². The van der Waals surface area contributed by atoms with Crippen LogP contribution in [0.4, 0.5) is 0 Å². The number of hydrogen-bond donors (Lipinski definition) is 2. The number of methoxy groups -OCH3 is 1. The molecule has 100 valence electrons. The average Bonchev–Trinajstić information content (AvgIpc) is 3.19. The van der Waals surface area contributed by atoms with Crippen molar-refractivity contribution in [3.05, 3.63) is 23.8 Å². The molecule has 1 aliphatic rings. The number of aliphatic hydroxyl groups is 1. The Morgan fingerprint density at radius 1 is 1.44 bits per heavy atom. The van der Waals surface area contributed by atoms with Crippen LogP contribution >= 0.6 is 11.8 Å². The lowest BCUT2D eigenvalue weighted by molar-refractivity contribution is 0.207. The van der Waals surface area contributed by atoms with Gasteiger partial charge in [0.25, 0.3) is 0 Å². The highest BCUT2D eigenvalue weighted by Crippen LogP contribution is 2.44. The molecule has 0 aromatic heterocycles. The number of nitrogens with one attached hydrogen (secondary N) is 1. The predicted octanol–water partition coefficient (Wildman–Crippen LogP) is 2.28. The van der Waals surface area contributed by atoms with Crippen LogP contribution in [0.1, 0.15) is 18.4 Å². The fourth-order valence-corrected chi connectivity index (χ4v) is 2.58. The molecule has 2 rings (SSSR count). The number of rotatable bonds is 7. The van der Waals surface area contributed by atoms with E-state index in [0.29, 0.717) is 6.61 Å². The molecule has 1 saturated carbocycles. The first-order valence-electron chi connectivity index (χ1n) is 6.25. The average molecular weight is 267 g/mol. The van der Waals surface area contributed by atoms with Crippen LogP contribution in [0.3, 0.4) is 0 Å². The number of benzene rings is 1. The summed E-state index contributed by atoms with van der Waals surface area (Å²) in [6, 6.07) is 6.30. The summed E-state index contributed by atoms with van der Waals surface area (Å²) in [5.74, 6) is 0.935. The van der Waals surface area contributed by atoms with E-state index in [1.54, 1.807) is 18.9 Å². The van der Waals surface area contributed by atoms with Crippen molar-refractivity contribution in [1.29, 1.82) is 0 Å². The second-order valence-electron chi connectivity index (χ2n) is 4.95. The minimum atomic E-state index is 0.170. The molecule has 0 spiro atoms. The maximum atomic E-state index is 9.24. The van der Waals surface area contributed by atoms with E-state index in [-0.39, 0.29) is 5.41 Å². The smallest absolute Gasteiger partial charge is 0.132 e. The minimum absolute atomic E-state index is 0.170. The lowest BCUT2D eigenvalue weighted by Gasteiger charge is -2.13. The highest BCUT2D eigenvalue weighted by Gasteiger charge is 2.41. The van der Waals surface area contributed by atoms with Crippen molar-refractivity contribution >= 4 is 11.8 Å². The number of thioether (sulfide) groups is 1. The fraction of sp³-hybridized carbons (Fsp3) is 0.571. The quantitative estimate of drug-likeness (QED) is 0.744. The van der Waals surface area contributed by atoms with Crippen molar-refractivity contribution in [2.24, 2.45) is 5.41 Å². The van der Waals surface area contributed by atoms with Gasteiger partial charge in [-0.25, -0.2) is 0 Å². The first-order valence-corrected chi connectivity index (χ1v) is 7.48. The second kappa shape index (κ2) is 5.95. The summed E-state index contributed by atoms with van der Waals surface area (Å²) >= 11 is 1.69. The van der Waals surface area contributed by atoms with Gasteiger partial charge in [-0.3, -0.25) is 0 Å². The van der Waals surface area contributed by atoms with Crippen LogP contribution < -0.4 is 10.1 Å². The molecule has 0 amide bonds. The maximum absolute atomic E-state index is 9.24. The van der Waals surface area contributed by atoms with Gasteiger partial charge in [0.1, 0.15) is 5.75 Å². The van der Waals surface area contributed by atoms with Crippen molar-refractivity contribution < 1.29 is 9.84 Å². The molecule has 0 unspecified atom stereocenters. The van der Waals surface area contributed by atoms with Gasteiger partial charge in [-0.1, -0.05) is 6.07 Å². The third-order valence-electron chi connectivity index (χ3n) is 3.57. The molecule has 1 aliphatic carbocycles. The zero-order valence-corrected chi connectivity index (χ0v) is 11.8. The monoisotopic (exact) mass is 267 g/mol. The molecule has 0 aliphatic heterocycles. The molecule has 0 atom stereocenters. The Labute approximate surface area is 113 Å². The van der Waals surface area contributed by atoms with Gasteiger partial charge in [-0.2, -0.15) is 0 Å². The van der Waals surface area contributed by atoms with E-state index < -0.39 is 0 Å². The molecule has 1 fully saturated rings. The topological polar surface area (TPSA) is 41.5 Å². The molecule has 2 N–H and O–H groups in total. The molecular formula is C14H21NO2S. The van der Waals surface area contributed by atoms with Crippen LogP contribution in [0.15, 0.2) is 23.1 Å². The highest BCUT2D eigenvalue weighted by molar-refractivity contribution is 7.98. The molecule has 0 saturated heterocycles.